The second-order valence-corrected chi connectivity index (χ2v) is 4.52. The van der Waals surface area contributed by atoms with Gasteiger partial charge in [0.05, 0.1) is 13.7 Å². The van der Waals surface area contributed by atoms with Gasteiger partial charge in [-0.2, -0.15) is 0 Å². The monoisotopic (exact) mass is 299 g/mol. The number of hydrogen-bond acceptors (Lipinski definition) is 4. The molecule has 0 radical (unpaired) electrons. The summed E-state index contributed by atoms with van der Waals surface area (Å²) in [6.45, 7) is 0.755. The Labute approximate surface area is 128 Å². The maximum absolute atomic E-state index is 11.9. The van der Waals surface area contributed by atoms with Crippen LogP contribution in [-0.4, -0.2) is 32.5 Å². The zero-order valence-corrected chi connectivity index (χ0v) is 12.2. The Hall–Kier alpha value is -2.82. The molecule has 0 atom stereocenters. The van der Waals surface area contributed by atoms with Crippen LogP contribution in [0.25, 0.3) is 0 Å². The van der Waals surface area contributed by atoms with Gasteiger partial charge in [-0.1, -0.05) is 12.1 Å². The van der Waals surface area contributed by atoms with E-state index in [1.165, 1.54) is 0 Å². The van der Waals surface area contributed by atoms with Crippen molar-refractivity contribution >= 4 is 12.2 Å². The molecule has 0 aliphatic heterocycles. The van der Waals surface area contributed by atoms with Gasteiger partial charge in [-0.05, 0) is 36.4 Å². The number of ether oxygens (including phenoxy) is 2. The molecular weight excluding hydrogens is 282 g/mol. The molecule has 2 aromatic rings. The van der Waals surface area contributed by atoms with Crippen molar-refractivity contribution in [2.24, 2.45) is 0 Å². The van der Waals surface area contributed by atoms with E-state index in [1.54, 1.807) is 43.5 Å². The minimum absolute atomic E-state index is 0.198. The quantitative estimate of drug-likeness (QED) is 0.629. The molecule has 114 valence electrons. The molecule has 2 aromatic carbocycles. The molecule has 0 unspecified atom stereocenters. The largest absolute Gasteiger partial charge is 0.497 e. The highest BCUT2D eigenvalue weighted by Gasteiger charge is 2.04. The fourth-order valence-electron chi connectivity index (χ4n) is 1.82. The molecule has 2 rings (SSSR count). The molecule has 1 N–H and O–H groups in total. The van der Waals surface area contributed by atoms with Crippen molar-refractivity contribution in [3.63, 3.8) is 0 Å². The van der Waals surface area contributed by atoms with Gasteiger partial charge in [0.15, 0.2) is 0 Å². The van der Waals surface area contributed by atoms with E-state index in [9.17, 15) is 9.59 Å². The van der Waals surface area contributed by atoms with Crippen LogP contribution in [0.4, 0.5) is 0 Å². The van der Waals surface area contributed by atoms with E-state index in [0.717, 1.165) is 12.0 Å². The Balaban J connectivity index is 1.75. The molecule has 22 heavy (non-hydrogen) atoms. The lowest BCUT2D eigenvalue weighted by molar-refractivity contribution is 0.0946. The van der Waals surface area contributed by atoms with E-state index in [1.807, 2.05) is 12.1 Å². The first-order valence-electron chi connectivity index (χ1n) is 6.83. The van der Waals surface area contributed by atoms with Crippen LogP contribution in [0.3, 0.4) is 0 Å². The zero-order valence-electron chi connectivity index (χ0n) is 12.2. The van der Waals surface area contributed by atoms with E-state index in [-0.39, 0.29) is 5.91 Å². The van der Waals surface area contributed by atoms with Crippen LogP contribution in [0, 0.1) is 0 Å². The molecule has 0 aromatic heterocycles. The maximum Gasteiger partial charge on any atom is 0.251 e. The van der Waals surface area contributed by atoms with Gasteiger partial charge in [0.25, 0.3) is 5.91 Å². The Kier molecular flexibility index (Phi) is 5.54. The number of carbonyl (C=O) groups is 2. The number of amides is 1. The SMILES string of the molecule is COc1ccc(OCCNC(=O)c2ccc(C=O)cc2)cc1. The van der Waals surface area contributed by atoms with Crippen molar-refractivity contribution in [3.8, 4) is 11.5 Å². The molecule has 0 saturated heterocycles. The number of aldehydes is 1. The van der Waals surface area contributed by atoms with Gasteiger partial charge in [0.1, 0.15) is 24.4 Å². The number of carbonyl (C=O) groups excluding carboxylic acids is 2. The van der Waals surface area contributed by atoms with Gasteiger partial charge in [-0.25, -0.2) is 0 Å². The predicted molar refractivity (Wildman–Crippen MR) is 82.7 cm³/mol. The van der Waals surface area contributed by atoms with Gasteiger partial charge in [-0.3, -0.25) is 9.59 Å². The van der Waals surface area contributed by atoms with Crippen LogP contribution in [0.15, 0.2) is 48.5 Å². The van der Waals surface area contributed by atoms with Crippen LogP contribution in [0.5, 0.6) is 11.5 Å². The molecule has 0 heterocycles. The van der Waals surface area contributed by atoms with E-state index in [0.29, 0.717) is 30.0 Å². The molecule has 0 aliphatic carbocycles. The summed E-state index contributed by atoms with van der Waals surface area (Å²) >= 11 is 0. The molecular formula is C17H17NO4. The first-order chi connectivity index (χ1) is 10.7. The molecule has 0 spiro atoms. The fourth-order valence-corrected chi connectivity index (χ4v) is 1.82. The topological polar surface area (TPSA) is 64.6 Å². The van der Waals surface area contributed by atoms with Crippen LogP contribution < -0.4 is 14.8 Å². The second-order valence-electron chi connectivity index (χ2n) is 4.52. The van der Waals surface area contributed by atoms with E-state index in [2.05, 4.69) is 5.32 Å². The summed E-state index contributed by atoms with van der Waals surface area (Å²) in [4.78, 5) is 22.4. The lowest BCUT2D eigenvalue weighted by Crippen LogP contribution is -2.28. The average molecular weight is 299 g/mol. The minimum Gasteiger partial charge on any atom is -0.497 e. The lowest BCUT2D eigenvalue weighted by Gasteiger charge is -2.08. The number of benzene rings is 2. The number of hydrogen-bond donors (Lipinski definition) is 1. The van der Waals surface area contributed by atoms with Gasteiger partial charge in [0, 0.05) is 11.1 Å². The van der Waals surface area contributed by atoms with Crippen LogP contribution in [0.2, 0.25) is 0 Å². The first-order valence-corrected chi connectivity index (χ1v) is 6.83. The molecule has 0 aliphatic rings. The molecule has 0 fully saturated rings. The van der Waals surface area contributed by atoms with E-state index < -0.39 is 0 Å². The molecule has 1 amide bonds. The van der Waals surface area contributed by atoms with Gasteiger partial charge in [-0.15, -0.1) is 0 Å². The minimum atomic E-state index is -0.198. The van der Waals surface area contributed by atoms with Crippen molar-refractivity contribution in [1.29, 1.82) is 0 Å². The second kappa shape index (κ2) is 7.83. The van der Waals surface area contributed by atoms with Crippen LogP contribution in [-0.2, 0) is 0 Å². The fraction of sp³-hybridized carbons (Fsp3) is 0.176. The molecule has 5 nitrogen and oxygen atoms in total. The van der Waals surface area contributed by atoms with E-state index >= 15 is 0 Å². The Morgan fingerprint density at radius 3 is 2.27 bits per heavy atom. The number of rotatable bonds is 7. The van der Waals surface area contributed by atoms with Crippen molar-refractivity contribution in [2.75, 3.05) is 20.3 Å². The summed E-state index contributed by atoms with van der Waals surface area (Å²) < 4.78 is 10.6. The Bertz CT molecular complexity index is 620. The Morgan fingerprint density at radius 1 is 1.05 bits per heavy atom. The van der Waals surface area contributed by atoms with Gasteiger partial charge in [0.2, 0.25) is 0 Å². The zero-order chi connectivity index (χ0) is 15.8. The maximum atomic E-state index is 11.9. The van der Waals surface area contributed by atoms with Crippen molar-refractivity contribution in [3.05, 3.63) is 59.7 Å². The highest BCUT2D eigenvalue weighted by molar-refractivity contribution is 5.94. The lowest BCUT2D eigenvalue weighted by atomic mass is 10.1. The smallest absolute Gasteiger partial charge is 0.251 e. The van der Waals surface area contributed by atoms with Crippen LogP contribution in [0.1, 0.15) is 20.7 Å². The van der Waals surface area contributed by atoms with E-state index in [4.69, 9.17) is 9.47 Å². The molecule has 0 bridgehead atoms. The summed E-state index contributed by atoms with van der Waals surface area (Å²) in [7, 11) is 1.60. The standard InChI is InChI=1S/C17H17NO4/c1-21-15-6-8-16(9-7-15)22-11-10-18-17(20)14-4-2-13(12-19)3-5-14/h2-9,12H,10-11H2,1H3,(H,18,20). The van der Waals surface area contributed by atoms with Gasteiger partial charge < -0.3 is 14.8 Å². The third-order valence-electron chi connectivity index (χ3n) is 3.02. The molecule has 0 saturated carbocycles. The summed E-state index contributed by atoms with van der Waals surface area (Å²) in [5.74, 6) is 1.28. The number of methoxy groups -OCH3 is 1. The van der Waals surface area contributed by atoms with Crippen molar-refractivity contribution in [2.45, 2.75) is 0 Å². The third-order valence-corrected chi connectivity index (χ3v) is 3.02. The number of nitrogens with one attached hydrogen (secondary N) is 1. The Morgan fingerprint density at radius 2 is 1.68 bits per heavy atom. The third kappa shape index (κ3) is 4.34. The highest BCUT2D eigenvalue weighted by atomic mass is 16.5. The van der Waals surface area contributed by atoms with Crippen molar-refractivity contribution < 1.29 is 19.1 Å². The summed E-state index contributed by atoms with van der Waals surface area (Å²) in [6.07, 6.45) is 0.740. The van der Waals surface area contributed by atoms with Gasteiger partial charge >= 0.3 is 0 Å². The summed E-state index contributed by atoms with van der Waals surface area (Å²) in [5, 5.41) is 2.75. The molecule has 5 heteroatoms. The first kappa shape index (κ1) is 15.6. The van der Waals surface area contributed by atoms with Crippen LogP contribution >= 0.6 is 0 Å². The summed E-state index contributed by atoms with van der Waals surface area (Å²) in [5.41, 5.74) is 1.05. The predicted octanol–water partition coefficient (Wildman–Crippen LogP) is 2.32. The average Bonchev–Trinajstić information content (AvgIpc) is 2.59. The van der Waals surface area contributed by atoms with Crippen molar-refractivity contribution in [1.82, 2.24) is 5.32 Å². The normalized spacial score (nSPS) is 9.86. The summed E-state index contributed by atoms with van der Waals surface area (Å²) in [6, 6.07) is 13.7. The highest BCUT2D eigenvalue weighted by Crippen LogP contribution is 2.16.